The molecule has 1 heterocycles. The van der Waals surface area contributed by atoms with Crippen molar-refractivity contribution in [3.63, 3.8) is 0 Å². The van der Waals surface area contributed by atoms with Gasteiger partial charge in [0.05, 0.1) is 12.7 Å². The van der Waals surface area contributed by atoms with Crippen molar-refractivity contribution in [2.75, 3.05) is 33.4 Å². The molecule has 7 heteroatoms. The van der Waals surface area contributed by atoms with Crippen LogP contribution in [0.3, 0.4) is 0 Å². The first-order valence-electron chi connectivity index (χ1n) is 6.48. The Kier molecular flexibility index (Phi) is 6.58. The number of amides is 2. The van der Waals surface area contributed by atoms with Crippen molar-refractivity contribution in [1.82, 2.24) is 10.2 Å². The average Bonchev–Trinajstić information content (AvgIpc) is 2.86. The lowest BCUT2D eigenvalue weighted by atomic mass is 10.2. The van der Waals surface area contributed by atoms with Gasteiger partial charge in [-0.05, 0) is 19.8 Å². The first-order chi connectivity index (χ1) is 9.08. The van der Waals surface area contributed by atoms with Gasteiger partial charge < -0.3 is 24.8 Å². The molecule has 0 spiro atoms. The minimum absolute atomic E-state index is 0.179. The lowest BCUT2D eigenvalue weighted by molar-refractivity contribution is -0.149. The lowest BCUT2D eigenvalue weighted by Gasteiger charge is -2.22. The molecule has 0 aromatic carbocycles. The van der Waals surface area contributed by atoms with Gasteiger partial charge in [0, 0.05) is 26.7 Å². The van der Waals surface area contributed by atoms with Crippen LogP contribution in [0, 0.1) is 0 Å². The van der Waals surface area contributed by atoms with E-state index in [0.717, 1.165) is 0 Å². The summed E-state index contributed by atoms with van der Waals surface area (Å²) in [6.07, 6.45) is 0.197. The molecular weight excluding hydrogens is 252 g/mol. The van der Waals surface area contributed by atoms with Gasteiger partial charge >= 0.3 is 12.0 Å². The summed E-state index contributed by atoms with van der Waals surface area (Å²) >= 11 is 0. The van der Waals surface area contributed by atoms with Gasteiger partial charge in [0.1, 0.15) is 0 Å². The van der Waals surface area contributed by atoms with E-state index in [2.05, 4.69) is 5.32 Å². The van der Waals surface area contributed by atoms with Gasteiger partial charge in [-0.15, -0.1) is 0 Å². The highest BCUT2D eigenvalue weighted by Crippen LogP contribution is 2.19. The third-order valence-corrected chi connectivity index (χ3v) is 3.10. The Hall–Kier alpha value is -1.34. The van der Waals surface area contributed by atoms with E-state index >= 15 is 0 Å². The maximum Gasteiger partial charge on any atom is 0.332 e. The summed E-state index contributed by atoms with van der Waals surface area (Å²) in [5, 5.41) is 11.6. The third kappa shape index (κ3) is 5.04. The van der Waals surface area contributed by atoms with Gasteiger partial charge in [0.2, 0.25) is 0 Å². The van der Waals surface area contributed by atoms with Crippen LogP contribution in [0.15, 0.2) is 0 Å². The minimum Gasteiger partial charge on any atom is -0.479 e. The van der Waals surface area contributed by atoms with Gasteiger partial charge in [-0.25, -0.2) is 9.59 Å². The first kappa shape index (κ1) is 15.7. The largest absolute Gasteiger partial charge is 0.479 e. The lowest BCUT2D eigenvalue weighted by Crippen LogP contribution is -2.44. The van der Waals surface area contributed by atoms with E-state index in [4.69, 9.17) is 14.6 Å². The van der Waals surface area contributed by atoms with Gasteiger partial charge in [-0.2, -0.15) is 0 Å². The van der Waals surface area contributed by atoms with E-state index in [1.807, 2.05) is 6.92 Å². The van der Waals surface area contributed by atoms with Crippen molar-refractivity contribution in [2.24, 2.45) is 0 Å². The quantitative estimate of drug-likeness (QED) is 0.697. The number of carboxylic acids is 1. The van der Waals surface area contributed by atoms with Gasteiger partial charge in [-0.1, -0.05) is 0 Å². The minimum atomic E-state index is -0.941. The van der Waals surface area contributed by atoms with Crippen LogP contribution in [0.1, 0.15) is 19.8 Å². The van der Waals surface area contributed by atoms with Crippen LogP contribution in [0.5, 0.6) is 0 Å². The molecule has 2 N–H and O–H groups in total. The van der Waals surface area contributed by atoms with Crippen molar-refractivity contribution in [1.29, 1.82) is 0 Å². The normalized spacial score (nSPS) is 22.2. The molecule has 1 saturated heterocycles. The molecule has 0 aromatic heterocycles. The maximum atomic E-state index is 11.8. The molecule has 0 aromatic rings. The van der Waals surface area contributed by atoms with E-state index in [1.165, 1.54) is 0 Å². The van der Waals surface area contributed by atoms with Crippen LogP contribution >= 0.6 is 0 Å². The summed E-state index contributed by atoms with van der Waals surface area (Å²) in [5.41, 5.74) is 0. The Labute approximate surface area is 112 Å². The second kappa shape index (κ2) is 7.96. The monoisotopic (exact) mass is 274 g/mol. The van der Waals surface area contributed by atoms with Crippen LogP contribution in [-0.4, -0.2) is 67.6 Å². The molecule has 2 unspecified atom stereocenters. The number of hydrogen-bond donors (Lipinski definition) is 2. The number of aliphatic carboxylic acids is 1. The summed E-state index contributed by atoms with van der Waals surface area (Å²) in [4.78, 5) is 24.2. The molecule has 1 aliphatic rings. The highest BCUT2D eigenvalue weighted by Gasteiger charge is 2.30. The predicted molar refractivity (Wildman–Crippen MR) is 68.1 cm³/mol. The van der Waals surface area contributed by atoms with Crippen molar-refractivity contribution in [3.8, 4) is 0 Å². The zero-order valence-corrected chi connectivity index (χ0v) is 11.4. The predicted octanol–water partition coefficient (Wildman–Crippen LogP) is 0.297. The van der Waals surface area contributed by atoms with E-state index < -0.39 is 12.1 Å². The molecule has 1 fully saturated rings. The molecule has 1 aliphatic heterocycles. The van der Waals surface area contributed by atoms with Gasteiger partial charge in [-0.3, -0.25) is 0 Å². The van der Waals surface area contributed by atoms with Gasteiger partial charge in [0.15, 0.2) is 6.10 Å². The summed E-state index contributed by atoms with van der Waals surface area (Å²) in [6.45, 7) is 3.84. The SMILES string of the molecule is CCN(CCOC)C(=O)NCC1CCC(C(=O)O)O1. The Bertz CT molecular complexity index is 310. The summed E-state index contributed by atoms with van der Waals surface area (Å²) in [7, 11) is 1.59. The van der Waals surface area contributed by atoms with Crippen LogP contribution in [0.25, 0.3) is 0 Å². The molecule has 0 radical (unpaired) electrons. The highest BCUT2D eigenvalue weighted by molar-refractivity contribution is 5.74. The van der Waals surface area contributed by atoms with Crippen molar-refractivity contribution < 1.29 is 24.2 Å². The molecule has 110 valence electrons. The molecule has 0 bridgehead atoms. The molecule has 0 saturated carbocycles. The van der Waals surface area contributed by atoms with Crippen LogP contribution < -0.4 is 5.32 Å². The van der Waals surface area contributed by atoms with E-state index in [1.54, 1.807) is 12.0 Å². The molecule has 19 heavy (non-hydrogen) atoms. The van der Waals surface area contributed by atoms with Crippen LogP contribution in [0.2, 0.25) is 0 Å². The molecule has 1 rings (SSSR count). The molecular formula is C12H22N2O5. The van der Waals surface area contributed by atoms with Crippen LogP contribution in [-0.2, 0) is 14.3 Å². The first-order valence-corrected chi connectivity index (χ1v) is 6.48. The fourth-order valence-corrected chi connectivity index (χ4v) is 1.96. The van der Waals surface area contributed by atoms with E-state index in [9.17, 15) is 9.59 Å². The van der Waals surface area contributed by atoms with Crippen molar-refractivity contribution in [2.45, 2.75) is 32.0 Å². The van der Waals surface area contributed by atoms with Crippen molar-refractivity contribution >= 4 is 12.0 Å². The standard InChI is InChI=1S/C12H22N2O5/c1-3-14(6-7-18-2)12(17)13-8-9-4-5-10(19-9)11(15)16/h9-10H,3-8H2,1-2H3,(H,13,17)(H,15,16). The number of carbonyl (C=O) groups excluding carboxylic acids is 1. The Balaban J connectivity index is 2.28. The molecule has 0 aliphatic carbocycles. The van der Waals surface area contributed by atoms with Gasteiger partial charge in [0.25, 0.3) is 0 Å². The number of carbonyl (C=O) groups is 2. The molecule has 2 amide bonds. The van der Waals surface area contributed by atoms with Crippen molar-refractivity contribution in [3.05, 3.63) is 0 Å². The number of nitrogens with one attached hydrogen (secondary N) is 1. The Morgan fingerprint density at radius 3 is 2.74 bits per heavy atom. The highest BCUT2D eigenvalue weighted by atomic mass is 16.5. The van der Waals surface area contributed by atoms with Crippen LogP contribution in [0.4, 0.5) is 4.79 Å². The zero-order valence-electron chi connectivity index (χ0n) is 11.4. The molecule has 2 atom stereocenters. The number of hydrogen-bond acceptors (Lipinski definition) is 4. The summed E-state index contributed by atoms with van der Waals surface area (Å²) < 4.78 is 10.2. The number of ether oxygens (including phenoxy) is 2. The van der Waals surface area contributed by atoms with E-state index in [0.29, 0.717) is 39.1 Å². The number of carboxylic acid groups (broad SMARTS) is 1. The topological polar surface area (TPSA) is 88.1 Å². The Morgan fingerprint density at radius 2 is 2.21 bits per heavy atom. The van der Waals surface area contributed by atoms with E-state index in [-0.39, 0.29) is 12.1 Å². The smallest absolute Gasteiger partial charge is 0.332 e. The number of likely N-dealkylation sites (N-methyl/N-ethyl adjacent to an activating group) is 1. The average molecular weight is 274 g/mol. The Morgan fingerprint density at radius 1 is 1.47 bits per heavy atom. The fraction of sp³-hybridized carbons (Fsp3) is 0.833. The fourth-order valence-electron chi connectivity index (χ4n) is 1.96. The second-order valence-corrected chi connectivity index (χ2v) is 4.42. The summed E-state index contributed by atoms with van der Waals surface area (Å²) in [6, 6.07) is -0.179. The maximum absolute atomic E-state index is 11.8. The number of urea groups is 1. The number of rotatable bonds is 7. The molecule has 7 nitrogen and oxygen atoms in total. The second-order valence-electron chi connectivity index (χ2n) is 4.42. The number of nitrogens with zero attached hydrogens (tertiary/aromatic N) is 1. The number of methoxy groups -OCH3 is 1. The summed E-state index contributed by atoms with van der Waals surface area (Å²) in [5.74, 6) is -0.941. The third-order valence-electron chi connectivity index (χ3n) is 3.10. The zero-order chi connectivity index (χ0) is 14.3.